The van der Waals surface area contributed by atoms with Crippen LogP contribution in [0.15, 0.2) is 24.3 Å². The fourth-order valence-corrected chi connectivity index (χ4v) is 2.30. The van der Waals surface area contributed by atoms with Crippen molar-refractivity contribution in [3.05, 3.63) is 24.3 Å². The van der Waals surface area contributed by atoms with Crippen molar-refractivity contribution < 1.29 is 19.0 Å². The van der Waals surface area contributed by atoms with E-state index in [-0.39, 0.29) is 5.97 Å². The summed E-state index contributed by atoms with van der Waals surface area (Å²) in [5.41, 5.74) is 5.69. The molecular weight excluding hydrogens is 290 g/mol. The molecule has 5 nitrogen and oxygen atoms in total. The highest BCUT2D eigenvalue weighted by molar-refractivity contribution is 7.99. The number of hydrogen-bond acceptors (Lipinski definition) is 6. The maximum absolute atomic E-state index is 11.3. The maximum Gasteiger partial charge on any atom is 0.323 e. The Morgan fingerprint density at radius 2 is 1.76 bits per heavy atom. The fourth-order valence-electron chi connectivity index (χ4n) is 1.54. The largest absolute Gasteiger partial charge is 0.494 e. The molecule has 0 amide bonds. The second-order valence-electron chi connectivity index (χ2n) is 4.19. The number of carbonyl (C=O) groups excluding carboxylic acids is 1. The second-order valence-corrected chi connectivity index (χ2v) is 5.34. The Morgan fingerprint density at radius 3 is 2.33 bits per heavy atom. The fraction of sp³-hybridized carbons (Fsp3) is 0.533. The second kappa shape index (κ2) is 10.3. The molecule has 6 heteroatoms. The minimum atomic E-state index is -0.569. The third-order valence-corrected chi connectivity index (χ3v) is 3.57. The zero-order valence-electron chi connectivity index (χ0n) is 12.5. The molecule has 1 aromatic rings. The molecule has 1 atom stereocenters. The molecule has 2 N–H and O–H groups in total. The topological polar surface area (TPSA) is 70.8 Å². The van der Waals surface area contributed by atoms with Crippen molar-refractivity contribution in [1.29, 1.82) is 0 Å². The van der Waals surface area contributed by atoms with E-state index in [9.17, 15) is 4.79 Å². The number of carbonyl (C=O) groups is 1. The third kappa shape index (κ3) is 7.24. The van der Waals surface area contributed by atoms with Gasteiger partial charge in [-0.3, -0.25) is 4.79 Å². The number of esters is 1. The van der Waals surface area contributed by atoms with E-state index in [2.05, 4.69) is 0 Å². The Labute approximate surface area is 130 Å². The molecule has 1 rings (SSSR count). The summed E-state index contributed by atoms with van der Waals surface area (Å²) in [6.45, 7) is 5.29. The lowest BCUT2D eigenvalue weighted by Gasteiger charge is -2.10. The number of ether oxygens (including phenoxy) is 3. The Morgan fingerprint density at radius 1 is 1.14 bits per heavy atom. The summed E-state index contributed by atoms with van der Waals surface area (Å²) < 4.78 is 15.8. The van der Waals surface area contributed by atoms with Gasteiger partial charge in [0.05, 0.1) is 19.8 Å². The van der Waals surface area contributed by atoms with E-state index in [1.807, 2.05) is 31.2 Å². The van der Waals surface area contributed by atoms with Crippen LogP contribution in [0.2, 0.25) is 0 Å². The van der Waals surface area contributed by atoms with E-state index in [1.54, 1.807) is 18.7 Å². The maximum atomic E-state index is 11.3. The quantitative estimate of drug-likeness (QED) is 0.527. The summed E-state index contributed by atoms with van der Waals surface area (Å²) in [6, 6.07) is 6.94. The summed E-state index contributed by atoms with van der Waals surface area (Å²) in [5, 5.41) is 0. The summed E-state index contributed by atoms with van der Waals surface area (Å²) in [4.78, 5) is 11.3. The molecule has 0 saturated heterocycles. The third-order valence-electron chi connectivity index (χ3n) is 2.52. The minimum Gasteiger partial charge on any atom is -0.494 e. The van der Waals surface area contributed by atoms with Gasteiger partial charge in [0.1, 0.15) is 17.5 Å². The van der Waals surface area contributed by atoms with Crippen LogP contribution in [-0.2, 0) is 9.53 Å². The summed E-state index contributed by atoms with van der Waals surface area (Å²) in [7, 11) is 0. The lowest BCUT2D eigenvalue weighted by Crippen LogP contribution is -2.34. The van der Waals surface area contributed by atoms with Gasteiger partial charge in [-0.15, -0.1) is 0 Å². The first-order valence-corrected chi connectivity index (χ1v) is 8.18. The Kier molecular flexibility index (Phi) is 8.69. The van der Waals surface area contributed by atoms with Gasteiger partial charge in [-0.1, -0.05) is 0 Å². The molecule has 0 spiro atoms. The summed E-state index contributed by atoms with van der Waals surface area (Å²) in [5.74, 6) is 2.58. The van der Waals surface area contributed by atoms with Crippen LogP contribution in [0.3, 0.4) is 0 Å². The summed E-state index contributed by atoms with van der Waals surface area (Å²) >= 11 is 1.57. The monoisotopic (exact) mass is 313 g/mol. The van der Waals surface area contributed by atoms with Crippen molar-refractivity contribution in [2.75, 3.05) is 31.3 Å². The molecule has 0 saturated carbocycles. The highest BCUT2D eigenvalue weighted by Crippen LogP contribution is 2.17. The highest BCUT2D eigenvalue weighted by atomic mass is 32.2. The first-order valence-electron chi connectivity index (χ1n) is 7.03. The van der Waals surface area contributed by atoms with Gasteiger partial charge in [0.15, 0.2) is 0 Å². The zero-order chi connectivity index (χ0) is 15.5. The van der Waals surface area contributed by atoms with Crippen LogP contribution < -0.4 is 15.2 Å². The summed E-state index contributed by atoms with van der Waals surface area (Å²) in [6.07, 6.45) is 0. The predicted octanol–water partition coefficient (Wildman–Crippen LogP) is 2.09. The SMILES string of the molecule is CCOC(=O)C(N)CSCCOc1ccc(OCC)cc1. The molecule has 0 aliphatic heterocycles. The zero-order valence-corrected chi connectivity index (χ0v) is 13.4. The molecular formula is C15H23NO4S. The first-order chi connectivity index (χ1) is 10.2. The molecule has 1 unspecified atom stereocenters. The van der Waals surface area contributed by atoms with E-state index in [4.69, 9.17) is 19.9 Å². The van der Waals surface area contributed by atoms with E-state index in [0.717, 1.165) is 17.3 Å². The van der Waals surface area contributed by atoms with Crippen LogP contribution in [0.4, 0.5) is 0 Å². The average Bonchev–Trinajstić information content (AvgIpc) is 2.49. The van der Waals surface area contributed by atoms with Crippen molar-refractivity contribution in [2.24, 2.45) is 5.73 Å². The Bertz CT molecular complexity index is 411. The van der Waals surface area contributed by atoms with E-state index >= 15 is 0 Å². The standard InChI is InChI=1S/C15H23NO4S/c1-3-18-12-5-7-13(8-6-12)20-9-10-21-11-14(16)15(17)19-4-2/h5-8,14H,3-4,9-11,16H2,1-2H3. The molecule has 0 aromatic heterocycles. The van der Waals surface area contributed by atoms with Crippen LogP contribution >= 0.6 is 11.8 Å². The van der Waals surface area contributed by atoms with Crippen molar-refractivity contribution >= 4 is 17.7 Å². The lowest BCUT2D eigenvalue weighted by atomic mass is 10.3. The Balaban J connectivity index is 2.15. The minimum absolute atomic E-state index is 0.350. The van der Waals surface area contributed by atoms with Crippen LogP contribution in [0.25, 0.3) is 0 Å². The number of nitrogens with two attached hydrogens (primary N) is 1. The number of rotatable bonds is 10. The predicted molar refractivity (Wildman–Crippen MR) is 85.0 cm³/mol. The van der Waals surface area contributed by atoms with Crippen LogP contribution in [0, 0.1) is 0 Å². The van der Waals surface area contributed by atoms with Crippen LogP contribution in [0.1, 0.15) is 13.8 Å². The van der Waals surface area contributed by atoms with Crippen LogP contribution in [-0.4, -0.2) is 43.3 Å². The lowest BCUT2D eigenvalue weighted by molar-refractivity contribution is -0.144. The van der Waals surface area contributed by atoms with Crippen LogP contribution in [0.5, 0.6) is 11.5 Å². The van der Waals surface area contributed by atoms with E-state index < -0.39 is 6.04 Å². The molecule has 0 fully saturated rings. The van der Waals surface area contributed by atoms with E-state index in [0.29, 0.717) is 25.6 Å². The van der Waals surface area contributed by atoms with Gasteiger partial charge < -0.3 is 19.9 Å². The normalized spacial score (nSPS) is 11.8. The molecule has 0 radical (unpaired) electrons. The first kappa shape index (κ1) is 17.7. The van der Waals surface area contributed by atoms with Gasteiger partial charge in [-0.05, 0) is 38.1 Å². The molecule has 0 aliphatic rings. The van der Waals surface area contributed by atoms with Gasteiger partial charge in [0.25, 0.3) is 0 Å². The molecule has 118 valence electrons. The molecule has 21 heavy (non-hydrogen) atoms. The van der Waals surface area contributed by atoms with Gasteiger partial charge in [0, 0.05) is 11.5 Å². The van der Waals surface area contributed by atoms with Crippen molar-refractivity contribution in [3.63, 3.8) is 0 Å². The molecule has 1 aromatic carbocycles. The highest BCUT2D eigenvalue weighted by Gasteiger charge is 2.13. The van der Waals surface area contributed by atoms with Crippen molar-refractivity contribution in [2.45, 2.75) is 19.9 Å². The van der Waals surface area contributed by atoms with E-state index in [1.165, 1.54) is 0 Å². The molecule has 0 aliphatic carbocycles. The average molecular weight is 313 g/mol. The van der Waals surface area contributed by atoms with Gasteiger partial charge >= 0.3 is 5.97 Å². The van der Waals surface area contributed by atoms with Crippen molar-refractivity contribution in [3.8, 4) is 11.5 Å². The molecule has 0 bridgehead atoms. The number of benzene rings is 1. The van der Waals surface area contributed by atoms with Crippen molar-refractivity contribution in [1.82, 2.24) is 0 Å². The number of hydrogen-bond donors (Lipinski definition) is 1. The van der Waals surface area contributed by atoms with Gasteiger partial charge in [0.2, 0.25) is 0 Å². The van der Waals surface area contributed by atoms with Gasteiger partial charge in [-0.25, -0.2) is 0 Å². The smallest absolute Gasteiger partial charge is 0.323 e. The Hall–Kier alpha value is -1.40. The molecule has 0 heterocycles. The number of thioether (sulfide) groups is 1. The van der Waals surface area contributed by atoms with Gasteiger partial charge in [-0.2, -0.15) is 11.8 Å².